The molecule has 0 amide bonds. The van der Waals surface area contributed by atoms with Crippen LogP contribution < -0.4 is 5.32 Å². The molecule has 0 bridgehead atoms. The van der Waals surface area contributed by atoms with Crippen LogP contribution in [-0.4, -0.2) is 5.11 Å². The average molecular weight is 354 g/mol. The van der Waals surface area contributed by atoms with Crippen molar-refractivity contribution in [3.63, 3.8) is 0 Å². The first-order valence-corrected chi connectivity index (χ1v) is 8.37. The van der Waals surface area contributed by atoms with Crippen LogP contribution in [0.4, 0.5) is 0 Å². The van der Waals surface area contributed by atoms with Crippen molar-refractivity contribution >= 4 is 28.6 Å². The summed E-state index contributed by atoms with van der Waals surface area (Å²) in [5.41, 5.74) is 3.03. The Morgan fingerprint density at radius 3 is 2.54 bits per heavy atom. The molecule has 1 aliphatic rings. The van der Waals surface area contributed by atoms with Crippen molar-refractivity contribution < 1.29 is 5.11 Å². The molecule has 0 fully saturated rings. The van der Waals surface area contributed by atoms with Crippen molar-refractivity contribution in [1.29, 1.82) is 10.5 Å². The first kappa shape index (κ1) is 16.1. The summed E-state index contributed by atoms with van der Waals surface area (Å²) in [4.78, 5) is 0.928. The van der Waals surface area contributed by atoms with Crippen molar-refractivity contribution in [2.45, 2.75) is 12.8 Å². The van der Waals surface area contributed by atoms with Crippen LogP contribution in [0.2, 0.25) is 5.02 Å². The van der Waals surface area contributed by atoms with Crippen LogP contribution in [0.5, 0.6) is 5.75 Å². The van der Waals surface area contributed by atoms with E-state index in [-0.39, 0.29) is 10.8 Å². The molecule has 4 nitrogen and oxygen atoms in total. The molecule has 3 rings (SSSR count). The Morgan fingerprint density at radius 1 is 1.21 bits per heavy atom. The lowest BCUT2D eigenvalue weighted by Crippen LogP contribution is -2.23. The molecule has 1 atom stereocenters. The second-order valence-electron chi connectivity index (χ2n) is 5.30. The van der Waals surface area contributed by atoms with Crippen LogP contribution in [0, 0.1) is 22.7 Å². The molecule has 1 unspecified atom stereocenters. The molecular formula is C18H12ClN3OS. The van der Waals surface area contributed by atoms with Crippen LogP contribution >= 0.6 is 22.9 Å². The SMILES string of the molecule is CC1=C(C#N)C(c2ccc(O)c(Cl)c2)C(C#N)=C(c2cccs2)N1. The van der Waals surface area contributed by atoms with Gasteiger partial charge >= 0.3 is 0 Å². The zero-order valence-corrected chi connectivity index (χ0v) is 14.2. The number of nitrogens with zero attached hydrogens (tertiary/aromatic N) is 2. The molecule has 1 aromatic heterocycles. The number of dihydropyridines is 1. The third kappa shape index (κ3) is 2.65. The fourth-order valence-electron chi connectivity index (χ4n) is 2.75. The Labute approximate surface area is 148 Å². The van der Waals surface area contributed by atoms with Crippen molar-refractivity contribution in [2.75, 3.05) is 0 Å². The molecule has 118 valence electrons. The highest BCUT2D eigenvalue weighted by atomic mass is 35.5. The van der Waals surface area contributed by atoms with Gasteiger partial charge in [0.1, 0.15) is 5.75 Å². The van der Waals surface area contributed by atoms with Gasteiger partial charge in [-0.3, -0.25) is 0 Å². The number of phenols is 1. The summed E-state index contributed by atoms with van der Waals surface area (Å²) in [6.45, 7) is 1.81. The molecule has 0 spiro atoms. The Balaban J connectivity index is 2.24. The van der Waals surface area contributed by atoms with E-state index in [1.807, 2.05) is 24.4 Å². The molecule has 0 saturated carbocycles. The fraction of sp³-hybridized carbons (Fsp3) is 0.111. The van der Waals surface area contributed by atoms with Gasteiger partial charge in [-0.1, -0.05) is 23.7 Å². The maximum absolute atomic E-state index is 9.76. The minimum absolute atomic E-state index is 0.0328. The van der Waals surface area contributed by atoms with Gasteiger partial charge in [0.2, 0.25) is 0 Å². The number of allylic oxidation sites excluding steroid dienone is 3. The van der Waals surface area contributed by atoms with E-state index < -0.39 is 5.92 Å². The summed E-state index contributed by atoms with van der Waals surface area (Å²) in [6.07, 6.45) is 0. The molecule has 1 aliphatic heterocycles. The number of thiophene rings is 1. The third-order valence-corrected chi connectivity index (χ3v) is 5.07. The largest absolute Gasteiger partial charge is 0.506 e. The van der Waals surface area contributed by atoms with E-state index in [0.29, 0.717) is 28.1 Å². The molecule has 1 aromatic carbocycles. The van der Waals surface area contributed by atoms with E-state index in [1.165, 1.54) is 17.4 Å². The topological polar surface area (TPSA) is 79.8 Å². The van der Waals surface area contributed by atoms with E-state index in [9.17, 15) is 15.6 Å². The number of phenolic OH excluding ortho intramolecular Hbond substituents is 1. The Hall–Kier alpha value is -2.73. The summed E-state index contributed by atoms with van der Waals surface area (Å²) in [6, 6.07) is 13.0. The Kier molecular flexibility index (Phi) is 4.31. The maximum Gasteiger partial charge on any atom is 0.134 e. The van der Waals surface area contributed by atoms with E-state index in [0.717, 1.165) is 4.88 Å². The molecule has 2 aromatic rings. The molecule has 0 radical (unpaired) electrons. The first-order valence-electron chi connectivity index (χ1n) is 7.11. The van der Waals surface area contributed by atoms with Gasteiger partial charge in [0.25, 0.3) is 0 Å². The van der Waals surface area contributed by atoms with E-state index in [2.05, 4.69) is 17.5 Å². The molecule has 0 saturated heterocycles. The standard InChI is InChI=1S/C18H12ClN3OS/c1-10-12(8-20)17(11-4-5-15(23)14(19)7-11)13(9-21)18(22-10)16-3-2-6-24-16/h2-7,17,22-23H,1H3. The van der Waals surface area contributed by atoms with Crippen molar-refractivity contribution in [2.24, 2.45) is 0 Å². The average Bonchev–Trinajstić information content (AvgIpc) is 3.10. The van der Waals surface area contributed by atoms with Crippen molar-refractivity contribution in [1.82, 2.24) is 5.32 Å². The second kappa shape index (κ2) is 6.41. The molecule has 0 aliphatic carbocycles. The number of halogens is 1. The molecule has 24 heavy (non-hydrogen) atoms. The van der Waals surface area contributed by atoms with Crippen molar-refractivity contribution in [3.8, 4) is 17.9 Å². The number of hydrogen-bond donors (Lipinski definition) is 2. The monoisotopic (exact) mass is 353 g/mol. The van der Waals surface area contributed by atoms with Crippen LogP contribution in [0.25, 0.3) is 5.70 Å². The smallest absolute Gasteiger partial charge is 0.134 e. The summed E-state index contributed by atoms with van der Waals surface area (Å²) in [5.74, 6) is -0.550. The molecule has 2 heterocycles. The lowest BCUT2D eigenvalue weighted by molar-refractivity contribution is 0.475. The summed E-state index contributed by atoms with van der Waals surface area (Å²) in [5, 5.41) is 34.3. The fourth-order valence-corrected chi connectivity index (χ4v) is 3.68. The summed E-state index contributed by atoms with van der Waals surface area (Å²) < 4.78 is 0. The van der Waals surface area contributed by atoms with Crippen molar-refractivity contribution in [3.05, 3.63) is 68.0 Å². The highest BCUT2D eigenvalue weighted by Gasteiger charge is 2.31. The predicted octanol–water partition coefficient (Wildman–Crippen LogP) is 4.53. The van der Waals surface area contributed by atoms with Gasteiger partial charge in [-0.05, 0) is 36.1 Å². The first-order chi connectivity index (χ1) is 11.6. The van der Waals surface area contributed by atoms with Crippen LogP contribution in [-0.2, 0) is 0 Å². The van der Waals surface area contributed by atoms with Crippen LogP contribution in [0.15, 0.2) is 52.6 Å². The van der Waals surface area contributed by atoms with Gasteiger partial charge in [-0.2, -0.15) is 10.5 Å². The quantitative estimate of drug-likeness (QED) is 0.831. The van der Waals surface area contributed by atoms with Gasteiger partial charge in [0.05, 0.1) is 44.8 Å². The number of nitriles is 2. The van der Waals surface area contributed by atoms with E-state index in [1.54, 1.807) is 12.1 Å². The van der Waals surface area contributed by atoms with Crippen LogP contribution in [0.1, 0.15) is 23.3 Å². The van der Waals surface area contributed by atoms with Crippen LogP contribution in [0.3, 0.4) is 0 Å². The van der Waals surface area contributed by atoms with Gasteiger partial charge in [0, 0.05) is 5.70 Å². The maximum atomic E-state index is 9.76. The van der Waals surface area contributed by atoms with Gasteiger partial charge < -0.3 is 10.4 Å². The molecule has 6 heteroatoms. The van der Waals surface area contributed by atoms with Gasteiger partial charge in [-0.25, -0.2) is 0 Å². The Bertz CT molecular complexity index is 946. The number of rotatable bonds is 2. The normalized spacial score (nSPS) is 17.2. The minimum Gasteiger partial charge on any atom is -0.506 e. The summed E-state index contributed by atoms with van der Waals surface area (Å²) >= 11 is 7.54. The highest BCUT2D eigenvalue weighted by Crippen LogP contribution is 2.42. The Morgan fingerprint density at radius 2 is 1.96 bits per heavy atom. The lowest BCUT2D eigenvalue weighted by atomic mass is 9.81. The number of nitrogens with one attached hydrogen (secondary N) is 1. The minimum atomic E-state index is -0.517. The zero-order chi connectivity index (χ0) is 17.3. The highest BCUT2D eigenvalue weighted by molar-refractivity contribution is 7.11. The number of aromatic hydroxyl groups is 1. The molecule has 2 N–H and O–H groups in total. The van der Waals surface area contributed by atoms with E-state index in [4.69, 9.17) is 11.6 Å². The zero-order valence-electron chi connectivity index (χ0n) is 12.7. The second-order valence-corrected chi connectivity index (χ2v) is 6.65. The molecular weight excluding hydrogens is 342 g/mol. The lowest BCUT2D eigenvalue weighted by Gasteiger charge is -2.27. The predicted molar refractivity (Wildman–Crippen MR) is 94.2 cm³/mol. The number of benzene rings is 1. The third-order valence-electron chi connectivity index (χ3n) is 3.88. The van der Waals surface area contributed by atoms with E-state index >= 15 is 0 Å². The van der Waals surface area contributed by atoms with Gasteiger partial charge in [-0.15, -0.1) is 11.3 Å². The number of hydrogen-bond acceptors (Lipinski definition) is 5. The summed E-state index contributed by atoms with van der Waals surface area (Å²) in [7, 11) is 0. The van der Waals surface area contributed by atoms with Gasteiger partial charge in [0.15, 0.2) is 0 Å².